The Morgan fingerprint density at radius 2 is 1.59 bits per heavy atom. The average Bonchev–Trinajstić information content (AvgIpc) is 2.51. The summed E-state index contributed by atoms with van der Waals surface area (Å²) < 4.78 is 0. The van der Waals surface area contributed by atoms with Gasteiger partial charge in [0.2, 0.25) is 0 Å². The first-order valence-corrected chi connectivity index (χ1v) is 9.56. The molecular formula is C19H32O2S. The highest BCUT2D eigenvalue weighted by molar-refractivity contribution is 8.00. The lowest BCUT2D eigenvalue weighted by Gasteiger charge is -2.06. The number of rotatable bonds is 14. The van der Waals surface area contributed by atoms with Crippen molar-refractivity contribution in [3.05, 3.63) is 36.5 Å². The van der Waals surface area contributed by atoms with Gasteiger partial charge >= 0.3 is 5.97 Å². The summed E-state index contributed by atoms with van der Waals surface area (Å²) in [6.07, 6.45) is 22.1. The highest BCUT2D eigenvalue weighted by atomic mass is 32.2. The van der Waals surface area contributed by atoms with Crippen molar-refractivity contribution >= 4 is 17.7 Å². The standard InChI is InChI=1S/C19H32O2S/c1-3-5-6-7-8-9-10-11-12-13-14-15-16-17-22-18(4-2)19(20)21/h8-9,11-12,15-16,18H,3-7,10,13-14,17H2,1-2H3,(H,20,21)/b9-8-,12-11-,16-15+. The van der Waals surface area contributed by atoms with E-state index in [2.05, 4.69) is 43.4 Å². The Kier molecular flexibility index (Phi) is 15.7. The van der Waals surface area contributed by atoms with Crippen LogP contribution in [0.2, 0.25) is 0 Å². The Hall–Kier alpha value is -0.960. The van der Waals surface area contributed by atoms with Crippen molar-refractivity contribution in [2.45, 2.75) is 70.5 Å². The first-order valence-electron chi connectivity index (χ1n) is 8.51. The second-order valence-electron chi connectivity index (χ2n) is 5.29. The van der Waals surface area contributed by atoms with Crippen LogP contribution in [0.25, 0.3) is 0 Å². The van der Waals surface area contributed by atoms with Crippen LogP contribution in [-0.4, -0.2) is 22.1 Å². The third-order valence-electron chi connectivity index (χ3n) is 3.29. The smallest absolute Gasteiger partial charge is 0.316 e. The zero-order valence-corrected chi connectivity index (χ0v) is 15.0. The minimum absolute atomic E-state index is 0.270. The monoisotopic (exact) mass is 324 g/mol. The predicted octanol–water partition coefficient (Wildman–Crippen LogP) is 6.00. The van der Waals surface area contributed by atoms with Gasteiger partial charge in [-0.25, -0.2) is 0 Å². The quantitative estimate of drug-likeness (QED) is 0.314. The molecule has 0 saturated carbocycles. The SMILES string of the molecule is CCCCC/C=C\C/C=C\CC/C=C/CSC(CC)C(=O)O. The molecule has 1 atom stereocenters. The Morgan fingerprint density at radius 3 is 2.18 bits per heavy atom. The molecule has 0 heterocycles. The minimum Gasteiger partial charge on any atom is -0.480 e. The van der Waals surface area contributed by atoms with E-state index in [1.165, 1.54) is 37.4 Å². The maximum Gasteiger partial charge on any atom is 0.316 e. The van der Waals surface area contributed by atoms with Crippen molar-refractivity contribution in [1.29, 1.82) is 0 Å². The normalized spacial score (nSPS) is 13.5. The molecule has 0 aliphatic rings. The summed E-state index contributed by atoms with van der Waals surface area (Å²) >= 11 is 1.50. The van der Waals surface area contributed by atoms with E-state index in [1.807, 2.05) is 6.92 Å². The summed E-state index contributed by atoms with van der Waals surface area (Å²) in [6.45, 7) is 4.15. The first-order chi connectivity index (χ1) is 10.7. The summed E-state index contributed by atoms with van der Waals surface area (Å²) in [7, 11) is 0. The number of thioether (sulfide) groups is 1. The molecule has 0 radical (unpaired) electrons. The van der Waals surface area contributed by atoms with E-state index < -0.39 is 5.97 Å². The summed E-state index contributed by atoms with van der Waals surface area (Å²) in [6, 6.07) is 0. The van der Waals surface area contributed by atoms with E-state index in [1.54, 1.807) is 0 Å². The van der Waals surface area contributed by atoms with Gasteiger partial charge in [0.25, 0.3) is 0 Å². The van der Waals surface area contributed by atoms with Gasteiger partial charge in [-0.2, -0.15) is 0 Å². The fraction of sp³-hybridized carbons (Fsp3) is 0.632. The minimum atomic E-state index is -0.702. The highest BCUT2D eigenvalue weighted by Crippen LogP contribution is 2.14. The maximum atomic E-state index is 10.8. The fourth-order valence-corrected chi connectivity index (χ4v) is 2.79. The molecule has 22 heavy (non-hydrogen) atoms. The van der Waals surface area contributed by atoms with Crippen molar-refractivity contribution in [2.24, 2.45) is 0 Å². The number of aliphatic carboxylic acids is 1. The summed E-state index contributed by atoms with van der Waals surface area (Å²) in [5.74, 6) is 0.0845. The van der Waals surface area contributed by atoms with Crippen molar-refractivity contribution in [1.82, 2.24) is 0 Å². The Balaban J connectivity index is 3.49. The van der Waals surface area contributed by atoms with Gasteiger partial charge in [-0.1, -0.05) is 63.1 Å². The van der Waals surface area contributed by atoms with Gasteiger partial charge in [-0.3, -0.25) is 4.79 Å². The highest BCUT2D eigenvalue weighted by Gasteiger charge is 2.13. The molecule has 3 heteroatoms. The molecule has 0 spiro atoms. The van der Waals surface area contributed by atoms with Crippen LogP contribution in [0.4, 0.5) is 0 Å². The van der Waals surface area contributed by atoms with Crippen LogP contribution in [0, 0.1) is 0 Å². The molecule has 0 fully saturated rings. The van der Waals surface area contributed by atoms with Gasteiger partial charge in [-0.15, -0.1) is 11.8 Å². The average molecular weight is 325 g/mol. The molecular weight excluding hydrogens is 292 g/mol. The lowest BCUT2D eigenvalue weighted by molar-refractivity contribution is -0.136. The molecule has 2 nitrogen and oxygen atoms in total. The van der Waals surface area contributed by atoms with Gasteiger partial charge in [0.15, 0.2) is 0 Å². The number of hydrogen-bond acceptors (Lipinski definition) is 2. The third kappa shape index (κ3) is 14.0. The van der Waals surface area contributed by atoms with Crippen molar-refractivity contribution in [2.75, 3.05) is 5.75 Å². The molecule has 0 aromatic rings. The molecule has 0 aliphatic heterocycles. The lowest BCUT2D eigenvalue weighted by Crippen LogP contribution is -2.15. The zero-order valence-electron chi connectivity index (χ0n) is 14.2. The predicted molar refractivity (Wildman–Crippen MR) is 99.6 cm³/mol. The van der Waals surface area contributed by atoms with Gasteiger partial charge in [0.1, 0.15) is 5.25 Å². The summed E-state index contributed by atoms with van der Waals surface area (Å²) in [5.41, 5.74) is 0. The molecule has 0 aromatic carbocycles. The van der Waals surface area contributed by atoms with Gasteiger partial charge in [-0.05, 0) is 38.5 Å². The number of carboxylic acid groups (broad SMARTS) is 1. The van der Waals surface area contributed by atoms with E-state index in [-0.39, 0.29) is 5.25 Å². The Morgan fingerprint density at radius 1 is 0.955 bits per heavy atom. The topological polar surface area (TPSA) is 37.3 Å². The van der Waals surface area contributed by atoms with Gasteiger partial charge < -0.3 is 5.11 Å². The van der Waals surface area contributed by atoms with Crippen LogP contribution >= 0.6 is 11.8 Å². The Bertz CT molecular complexity index is 345. The van der Waals surface area contributed by atoms with Gasteiger partial charge in [0.05, 0.1) is 0 Å². The second-order valence-corrected chi connectivity index (χ2v) is 6.53. The number of hydrogen-bond donors (Lipinski definition) is 1. The van der Waals surface area contributed by atoms with E-state index >= 15 is 0 Å². The summed E-state index contributed by atoms with van der Waals surface area (Å²) in [4.78, 5) is 10.8. The lowest BCUT2D eigenvalue weighted by atomic mass is 10.2. The van der Waals surface area contributed by atoms with Gasteiger partial charge in [0, 0.05) is 5.75 Å². The van der Waals surface area contributed by atoms with Crippen LogP contribution in [-0.2, 0) is 4.79 Å². The number of carboxylic acids is 1. The molecule has 0 bridgehead atoms. The first kappa shape index (κ1) is 21.0. The summed E-state index contributed by atoms with van der Waals surface area (Å²) in [5, 5.41) is 8.65. The van der Waals surface area contributed by atoms with E-state index in [0.717, 1.165) is 25.0 Å². The number of unbranched alkanes of at least 4 members (excludes halogenated alkanes) is 4. The second kappa shape index (κ2) is 16.4. The van der Waals surface area contributed by atoms with Crippen LogP contribution in [0.5, 0.6) is 0 Å². The third-order valence-corrected chi connectivity index (χ3v) is 4.61. The van der Waals surface area contributed by atoms with Crippen LogP contribution in [0.1, 0.15) is 65.2 Å². The fourth-order valence-electron chi connectivity index (χ4n) is 1.93. The van der Waals surface area contributed by atoms with Crippen molar-refractivity contribution in [3.8, 4) is 0 Å². The maximum absolute atomic E-state index is 10.8. The van der Waals surface area contributed by atoms with E-state index in [4.69, 9.17) is 5.11 Å². The molecule has 0 aliphatic carbocycles. The van der Waals surface area contributed by atoms with Crippen molar-refractivity contribution in [3.63, 3.8) is 0 Å². The largest absolute Gasteiger partial charge is 0.480 e. The van der Waals surface area contributed by atoms with Crippen LogP contribution in [0.15, 0.2) is 36.5 Å². The Labute approximate surface area is 140 Å². The molecule has 0 aromatic heterocycles. The van der Waals surface area contributed by atoms with Crippen molar-refractivity contribution < 1.29 is 9.90 Å². The number of carbonyl (C=O) groups is 1. The molecule has 0 rings (SSSR count). The molecule has 0 saturated heterocycles. The van der Waals surface area contributed by atoms with Crippen LogP contribution < -0.4 is 0 Å². The molecule has 0 amide bonds. The molecule has 1 N–H and O–H groups in total. The zero-order chi connectivity index (χ0) is 16.5. The van der Waals surface area contributed by atoms with E-state index in [0.29, 0.717) is 6.42 Å². The molecule has 1 unspecified atom stereocenters. The van der Waals surface area contributed by atoms with Crippen LogP contribution in [0.3, 0.4) is 0 Å². The van der Waals surface area contributed by atoms with E-state index in [9.17, 15) is 4.79 Å². The number of allylic oxidation sites excluding steroid dienone is 5. The molecule has 126 valence electrons.